The van der Waals surface area contributed by atoms with Crippen molar-refractivity contribution in [1.29, 1.82) is 0 Å². The summed E-state index contributed by atoms with van der Waals surface area (Å²) in [6.45, 7) is 6.01. The Morgan fingerprint density at radius 2 is 1.95 bits per heavy atom. The van der Waals surface area contributed by atoms with Crippen molar-refractivity contribution in [3.05, 3.63) is 42.1 Å². The number of carbonyl (C=O) groups is 1. The summed E-state index contributed by atoms with van der Waals surface area (Å²) >= 11 is 0. The molecule has 3 heteroatoms. The number of fused-ring (bicyclic) bond motifs is 1. The lowest BCUT2D eigenvalue weighted by atomic mass is 9.83. The summed E-state index contributed by atoms with van der Waals surface area (Å²) < 4.78 is 5.41. The average Bonchev–Trinajstić information content (AvgIpc) is 2.37. The smallest absolute Gasteiger partial charge is 0.192 e. The first kappa shape index (κ1) is 13.7. The van der Waals surface area contributed by atoms with Gasteiger partial charge in [0.15, 0.2) is 5.78 Å². The maximum atomic E-state index is 12.7. The molecule has 2 rings (SSSR count). The normalized spacial score (nSPS) is 13.5. The molecule has 0 aliphatic rings. The van der Waals surface area contributed by atoms with E-state index < -0.39 is 6.10 Å². The van der Waals surface area contributed by atoms with E-state index in [1.54, 1.807) is 13.3 Å². The highest BCUT2D eigenvalue weighted by atomic mass is 16.5. The van der Waals surface area contributed by atoms with Gasteiger partial charge in [-0.3, -0.25) is 9.78 Å². The van der Waals surface area contributed by atoms with Gasteiger partial charge in [-0.1, -0.05) is 39.0 Å². The lowest BCUT2D eigenvalue weighted by molar-refractivity contribution is 0.0197. The molecule has 100 valence electrons. The first-order valence-corrected chi connectivity index (χ1v) is 6.36. The molecule has 1 unspecified atom stereocenters. The molecule has 0 aliphatic heterocycles. The number of carbonyl (C=O) groups excluding carboxylic acids is 1. The number of hydrogen-bond donors (Lipinski definition) is 0. The van der Waals surface area contributed by atoms with E-state index in [1.807, 2.05) is 51.1 Å². The van der Waals surface area contributed by atoms with Crippen LogP contribution in [0.3, 0.4) is 0 Å². The lowest BCUT2D eigenvalue weighted by Crippen LogP contribution is -2.36. The van der Waals surface area contributed by atoms with Crippen molar-refractivity contribution in [3.8, 4) is 0 Å². The van der Waals surface area contributed by atoms with Gasteiger partial charge in [0.05, 0.1) is 5.52 Å². The molecule has 0 N–H and O–H groups in total. The summed E-state index contributed by atoms with van der Waals surface area (Å²) in [6.07, 6.45) is 1.27. The predicted octanol–water partition coefficient (Wildman–Crippen LogP) is 3.48. The molecule has 0 saturated carbocycles. The molecule has 0 aliphatic carbocycles. The topological polar surface area (TPSA) is 39.2 Å². The molecular weight excluding hydrogens is 238 g/mol. The maximum absolute atomic E-state index is 12.7. The van der Waals surface area contributed by atoms with Crippen LogP contribution < -0.4 is 0 Å². The minimum absolute atomic E-state index is 0.00796. The van der Waals surface area contributed by atoms with E-state index in [4.69, 9.17) is 4.74 Å². The van der Waals surface area contributed by atoms with Crippen LogP contribution in [0.25, 0.3) is 10.9 Å². The molecule has 0 fully saturated rings. The zero-order valence-electron chi connectivity index (χ0n) is 11.8. The van der Waals surface area contributed by atoms with Gasteiger partial charge in [-0.2, -0.15) is 0 Å². The molecule has 3 nitrogen and oxygen atoms in total. The Labute approximate surface area is 113 Å². The SMILES string of the molecule is COC(C(=O)c1cccc2ncccc12)C(C)(C)C. The van der Waals surface area contributed by atoms with Gasteiger partial charge in [0.25, 0.3) is 0 Å². The molecule has 2 aromatic rings. The highest BCUT2D eigenvalue weighted by Gasteiger charge is 2.32. The van der Waals surface area contributed by atoms with Crippen LogP contribution in [-0.4, -0.2) is 24.0 Å². The summed E-state index contributed by atoms with van der Waals surface area (Å²) in [6, 6.07) is 9.37. The van der Waals surface area contributed by atoms with Gasteiger partial charge >= 0.3 is 0 Å². The lowest BCUT2D eigenvalue weighted by Gasteiger charge is -2.28. The van der Waals surface area contributed by atoms with Gasteiger partial charge in [-0.15, -0.1) is 0 Å². The quantitative estimate of drug-likeness (QED) is 0.790. The van der Waals surface area contributed by atoms with Crippen molar-refractivity contribution in [2.24, 2.45) is 5.41 Å². The van der Waals surface area contributed by atoms with Crippen LogP contribution in [0.5, 0.6) is 0 Å². The van der Waals surface area contributed by atoms with Gasteiger partial charge in [0.1, 0.15) is 6.10 Å². The molecule has 0 amide bonds. The average molecular weight is 257 g/mol. The van der Waals surface area contributed by atoms with Crippen molar-refractivity contribution in [2.45, 2.75) is 26.9 Å². The molecular formula is C16H19NO2. The zero-order chi connectivity index (χ0) is 14.0. The van der Waals surface area contributed by atoms with Crippen LogP contribution >= 0.6 is 0 Å². The van der Waals surface area contributed by atoms with Gasteiger partial charge in [0.2, 0.25) is 0 Å². The van der Waals surface area contributed by atoms with E-state index in [9.17, 15) is 4.79 Å². The Morgan fingerprint density at radius 3 is 2.58 bits per heavy atom. The molecule has 0 radical (unpaired) electrons. The number of methoxy groups -OCH3 is 1. The van der Waals surface area contributed by atoms with E-state index in [1.165, 1.54) is 0 Å². The molecule has 1 heterocycles. The van der Waals surface area contributed by atoms with Gasteiger partial charge in [-0.25, -0.2) is 0 Å². The van der Waals surface area contributed by atoms with Crippen LogP contribution in [0.2, 0.25) is 0 Å². The minimum Gasteiger partial charge on any atom is -0.373 e. The largest absolute Gasteiger partial charge is 0.373 e. The zero-order valence-corrected chi connectivity index (χ0v) is 11.8. The van der Waals surface area contributed by atoms with Crippen LogP contribution in [0.1, 0.15) is 31.1 Å². The van der Waals surface area contributed by atoms with Crippen LogP contribution in [0.4, 0.5) is 0 Å². The fraction of sp³-hybridized carbons (Fsp3) is 0.375. The number of pyridine rings is 1. The second-order valence-electron chi connectivity index (χ2n) is 5.72. The molecule has 19 heavy (non-hydrogen) atoms. The molecule has 1 aromatic carbocycles. The van der Waals surface area contributed by atoms with Crippen LogP contribution in [-0.2, 0) is 4.74 Å². The maximum Gasteiger partial charge on any atom is 0.192 e. The number of nitrogens with zero attached hydrogens (tertiary/aromatic N) is 1. The van der Waals surface area contributed by atoms with Gasteiger partial charge in [0, 0.05) is 24.3 Å². The Balaban J connectivity index is 2.53. The highest BCUT2D eigenvalue weighted by Crippen LogP contribution is 2.27. The number of ether oxygens (including phenoxy) is 1. The fourth-order valence-corrected chi connectivity index (χ4v) is 2.31. The van der Waals surface area contributed by atoms with Crippen LogP contribution in [0, 0.1) is 5.41 Å². The Morgan fingerprint density at radius 1 is 1.21 bits per heavy atom. The first-order chi connectivity index (χ1) is 8.95. The molecule has 0 bridgehead atoms. The predicted molar refractivity (Wildman–Crippen MR) is 76.3 cm³/mol. The second kappa shape index (κ2) is 5.10. The third-order valence-corrected chi connectivity index (χ3v) is 3.17. The summed E-state index contributed by atoms with van der Waals surface area (Å²) in [7, 11) is 1.58. The van der Waals surface area contributed by atoms with Crippen molar-refractivity contribution in [3.63, 3.8) is 0 Å². The summed E-state index contributed by atoms with van der Waals surface area (Å²) in [4.78, 5) is 17.0. The van der Waals surface area contributed by atoms with E-state index >= 15 is 0 Å². The molecule has 0 saturated heterocycles. The van der Waals surface area contributed by atoms with E-state index in [0.717, 1.165) is 10.9 Å². The van der Waals surface area contributed by atoms with Crippen molar-refractivity contribution >= 4 is 16.7 Å². The third kappa shape index (κ3) is 2.66. The minimum atomic E-state index is -0.460. The number of Topliss-reactive ketones (excluding diaryl/α,β-unsaturated/α-hetero) is 1. The van der Waals surface area contributed by atoms with Gasteiger partial charge < -0.3 is 4.74 Å². The van der Waals surface area contributed by atoms with E-state index in [0.29, 0.717) is 5.56 Å². The van der Waals surface area contributed by atoms with Crippen molar-refractivity contribution in [2.75, 3.05) is 7.11 Å². The van der Waals surface area contributed by atoms with E-state index in [2.05, 4.69) is 4.98 Å². The van der Waals surface area contributed by atoms with Crippen molar-refractivity contribution < 1.29 is 9.53 Å². The molecule has 1 aromatic heterocycles. The summed E-state index contributed by atoms with van der Waals surface area (Å²) in [5, 5.41) is 0.876. The highest BCUT2D eigenvalue weighted by molar-refractivity contribution is 6.09. The number of rotatable bonds is 3. The van der Waals surface area contributed by atoms with Crippen LogP contribution in [0.15, 0.2) is 36.5 Å². The summed E-state index contributed by atoms with van der Waals surface area (Å²) in [5.74, 6) is 0.00796. The fourth-order valence-electron chi connectivity index (χ4n) is 2.31. The second-order valence-corrected chi connectivity index (χ2v) is 5.72. The third-order valence-electron chi connectivity index (χ3n) is 3.17. The Hall–Kier alpha value is -1.74. The first-order valence-electron chi connectivity index (χ1n) is 6.36. The van der Waals surface area contributed by atoms with E-state index in [-0.39, 0.29) is 11.2 Å². The Kier molecular flexibility index (Phi) is 3.67. The number of hydrogen-bond acceptors (Lipinski definition) is 3. The molecule has 0 spiro atoms. The number of benzene rings is 1. The van der Waals surface area contributed by atoms with Gasteiger partial charge in [-0.05, 0) is 17.5 Å². The monoisotopic (exact) mass is 257 g/mol. The van der Waals surface area contributed by atoms with Crippen molar-refractivity contribution in [1.82, 2.24) is 4.98 Å². The Bertz CT molecular complexity index is 594. The standard InChI is InChI=1S/C16H19NO2/c1-16(2,3)15(19-4)14(18)12-7-5-9-13-11(12)8-6-10-17-13/h5-10,15H,1-4H3. The number of aromatic nitrogens is 1. The summed E-state index contributed by atoms with van der Waals surface area (Å²) in [5.41, 5.74) is 1.26. The molecule has 1 atom stereocenters. The number of ketones is 1.